The number of nitrogens with zero attached hydrogens (tertiary/aromatic N) is 2. The topological polar surface area (TPSA) is 55.8 Å². The molecule has 0 spiro atoms. The molecule has 5 heteroatoms. The molecule has 1 heterocycles. The van der Waals surface area contributed by atoms with E-state index in [9.17, 15) is 4.79 Å². The van der Waals surface area contributed by atoms with Crippen molar-refractivity contribution in [3.63, 3.8) is 0 Å². The van der Waals surface area contributed by atoms with Crippen LogP contribution < -0.4 is 5.32 Å². The van der Waals surface area contributed by atoms with Crippen molar-refractivity contribution >= 4 is 6.03 Å². The first-order valence-corrected chi connectivity index (χ1v) is 7.62. The largest absolute Gasteiger partial charge is 0.396 e. The van der Waals surface area contributed by atoms with Gasteiger partial charge < -0.3 is 15.3 Å². The molecule has 0 aromatic carbocycles. The molecule has 2 amide bonds. The fourth-order valence-electron chi connectivity index (χ4n) is 2.78. The average molecular weight is 269 g/mol. The van der Waals surface area contributed by atoms with Gasteiger partial charge in [-0.25, -0.2) is 4.79 Å². The van der Waals surface area contributed by atoms with Crippen LogP contribution in [-0.4, -0.2) is 66.3 Å². The lowest BCUT2D eigenvalue weighted by Crippen LogP contribution is -2.46. The van der Waals surface area contributed by atoms with E-state index in [2.05, 4.69) is 17.1 Å². The average Bonchev–Trinajstić information content (AvgIpc) is 3.28. The molecular formula is C14H27N3O2. The minimum Gasteiger partial charge on any atom is -0.396 e. The van der Waals surface area contributed by atoms with Crippen molar-refractivity contribution in [2.45, 2.75) is 38.6 Å². The van der Waals surface area contributed by atoms with Gasteiger partial charge in [-0.05, 0) is 38.1 Å². The first kappa shape index (κ1) is 14.6. The molecule has 110 valence electrons. The number of amides is 2. The van der Waals surface area contributed by atoms with Crippen LogP contribution in [0.5, 0.6) is 0 Å². The van der Waals surface area contributed by atoms with Crippen molar-refractivity contribution in [3.8, 4) is 0 Å². The highest BCUT2D eigenvalue weighted by Gasteiger charge is 2.27. The second kappa shape index (κ2) is 7.10. The number of urea groups is 1. The number of rotatable bonds is 6. The lowest BCUT2D eigenvalue weighted by atomic mass is 9.98. The molecule has 0 aromatic heterocycles. The maximum atomic E-state index is 12.0. The predicted molar refractivity (Wildman–Crippen MR) is 75.1 cm³/mol. The van der Waals surface area contributed by atoms with Gasteiger partial charge in [-0.15, -0.1) is 0 Å². The Bertz CT molecular complexity index is 286. The van der Waals surface area contributed by atoms with Gasteiger partial charge in [0.2, 0.25) is 0 Å². The van der Waals surface area contributed by atoms with Crippen LogP contribution >= 0.6 is 0 Å². The highest BCUT2D eigenvalue weighted by atomic mass is 16.3. The van der Waals surface area contributed by atoms with E-state index in [4.69, 9.17) is 5.11 Å². The van der Waals surface area contributed by atoms with Crippen molar-refractivity contribution in [2.75, 3.05) is 39.3 Å². The Hall–Kier alpha value is -0.810. The minimum atomic E-state index is 0.0586. The Morgan fingerprint density at radius 1 is 1.32 bits per heavy atom. The van der Waals surface area contributed by atoms with E-state index in [1.165, 1.54) is 12.8 Å². The lowest BCUT2D eigenvalue weighted by molar-refractivity contribution is 0.136. The third-order valence-corrected chi connectivity index (χ3v) is 4.30. The van der Waals surface area contributed by atoms with E-state index in [0.29, 0.717) is 5.92 Å². The maximum Gasteiger partial charge on any atom is 0.317 e. The standard InChI is InChI=1S/C14H27N3O2/c1-2-16(13-3-4-13)10-7-15-14(19)17-8-5-12(11-18)6-9-17/h12-13,18H,2-11H2,1H3,(H,15,19). The maximum absolute atomic E-state index is 12.0. The van der Waals surface area contributed by atoms with Gasteiger partial charge in [0, 0.05) is 38.8 Å². The summed E-state index contributed by atoms with van der Waals surface area (Å²) in [6.45, 7) is 6.75. The third-order valence-electron chi connectivity index (χ3n) is 4.30. The predicted octanol–water partition coefficient (Wildman–Crippen LogP) is 0.885. The zero-order chi connectivity index (χ0) is 13.7. The molecule has 2 fully saturated rings. The smallest absolute Gasteiger partial charge is 0.317 e. The van der Waals surface area contributed by atoms with Crippen molar-refractivity contribution in [1.82, 2.24) is 15.1 Å². The summed E-state index contributed by atoms with van der Waals surface area (Å²) in [5, 5.41) is 12.1. The Labute approximate surface area is 115 Å². The van der Waals surface area contributed by atoms with Crippen LogP contribution in [0.4, 0.5) is 4.79 Å². The molecule has 5 nitrogen and oxygen atoms in total. The van der Waals surface area contributed by atoms with Crippen molar-refractivity contribution < 1.29 is 9.90 Å². The number of carbonyl (C=O) groups excluding carboxylic acids is 1. The molecule has 0 aromatic rings. The molecule has 0 bridgehead atoms. The van der Waals surface area contributed by atoms with Crippen LogP contribution in [0.25, 0.3) is 0 Å². The number of aliphatic hydroxyl groups excluding tert-OH is 1. The Morgan fingerprint density at radius 2 is 2.00 bits per heavy atom. The van der Waals surface area contributed by atoms with E-state index < -0.39 is 0 Å². The SMILES string of the molecule is CCN(CCNC(=O)N1CCC(CO)CC1)C1CC1. The number of carbonyl (C=O) groups is 1. The Balaban J connectivity index is 1.61. The quantitative estimate of drug-likeness (QED) is 0.753. The third kappa shape index (κ3) is 4.35. The van der Waals surface area contributed by atoms with Crippen molar-refractivity contribution in [2.24, 2.45) is 5.92 Å². The summed E-state index contributed by atoms with van der Waals surface area (Å²) >= 11 is 0. The van der Waals surface area contributed by atoms with Gasteiger partial charge in [-0.1, -0.05) is 6.92 Å². The normalized spacial score (nSPS) is 20.9. The molecule has 1 saturated carbocycles. The van der Waals surface area contributed by atoms with E-state index in [-0.39, 0.29) is 12.6 Å². The van der Waals surface area contributed by atoms with Gasteiger partial charge >= 0.3 is 6.03 Å². The molecule has 2 N–H and O–H groups in total. The summed E-state index contributed by atoms with van der Waals surface area (Å²) < 4.78 is 0. The fourth-order valence-corrected chi connectivity index (χ4v) is 2.78. The number of hydrogen-bond donors (Lipinski definition) is 2. The summed E-state index contributed by atoms with van der Waals surface area (Å²) in [6, 6.07) is 0.824. The van der Waals surface area contributed by atoms with Gasteiger partial charge in [0.1, 0.15) is 0 Å². The number of likely N-dealkylation sites (tertiary alicyclic amines) is 1. The van der Waals surface area contributed by atoms with Gasteiger partial charge in [-0.3, -0.25) is 4.90 Å². The van der Waals surface area contributed by atoms with Crippen LogP contribution in [0.1, 0.15) is 32.6 Å². The number of likely N-dealkylation sites (N-methyl/N-ethyl adjacent to an activating group) is 1. The first-order chi connectivity index (χ1) is 9.24. The Morgan fingerprint density at radius 3 is 2.53 bits per heavy atom. The molecule has 1 saturated heterocycles. The van der Waals surface area contributed by atoms with E-state index in [1.807, 2.05) is 4.90 Å². The zero-order valence-electron chi connectivity index (χ0n) is 12.0. The highest BCUT2D eigenvalue weighted by Crippen LogP contribution is 2.25. The van der Waals surface area contributed by atoms with Gasteiger partial charge in [0.05, 0.1) is 0 Å². The lowest BCUT2D eigenvalue weighted by Gasteiger charge is -2.31. The molecule has 19 heavy (non-hydrogen) atoms. The van der Waals surface area contributed by atoms with Gasteiger partial charge in [-0.2, -0.15) is 0 Å². The second-order valence-electron chi connectivity index (χ2n) is 5.70. The summed E-state index contributed by atoms with van der Waals surface area (Å²) in [6.07, 6.45) is 4.48. The monoisotopic (exact) mass is 269 g/mol. The molecule has 1 aliphatic heterocycles. The molecule has 0 atom stereocenters. The fraction of sp³-hybridized carbons (Fsp3) is 0.929. The van der Waals surface area contributed by atoms with Crippen LogP contribution in [0.3, 0.4) is 0 Å². The van der Waals surface area contributed by atoms with Crippen molar-refractivity contribution in [1.29, 1.82) is 0 Å². The first-order valence-electron chi connectivity index (χ1n) is 7.62. The molecule has 2 rings (SSSR count). The van der Waals surface area contributed by atoms with E-state index in [1.54, 1.807) is 0 Å². The van der Waals surface area contributed by atoms with Crippen LogP contribution in [-0.2, 0) is 0 Å². The molecular weight excluding hydrogens is 242 g/mol. The van der Waals surface area contributed by atoms with Gasteiger partial charge in [0.15, 0.2) is 0 Å². The molecule has 0 unspecified atom stereocenters. The Kier molecular flexibility index (Phi) is 5.45. The molecule has 0 radical (unpaired) electrons. The highest BCUT2D eigenvalue weighted by molar-refractivity contribution is 5.74. The van der Waals surface area contributed by atoms with Crippen LogP contribution in [0.2, 0.25) is 0 Å². The van der Waals surface area contributed by atoms with Gasteiger partial charge in [0.25, 0.3) is 0 Å². The number of aliphatic hydroxyl groups is 1. The van der Waals surface area contributed by atoms with E-state index >= 15 is 0 Å². The van der Waals surface area contributed by atoms with E-state index in [0.717, 1.165) is 51.6 Å². The second-order valence-corrected chi connectivity index (χ2v) is 5.70. The summed E-state index contributed by atoms with van der Waals surface area (Å²) in [5.74, 6) is 0.384. The van der Waals surface area contributed by atoms with Crippen LogP contribution in [0.15, 0.2) is 0 Å². The van der Waals surface area contributed by atoms with Crippen LogP contribution in [0, 0.1) is 5.92 Å². The minimum absolute atomic E-state index is 0.0586. The van der Waals surface area contributed by atoms with Crippen molar-refractivity contribution in [3.05, 3.63) is 0 Å². The summed E-state index contributed by atoms with van der Waals surface area (Å²) in [4.78, 5) is 16.3. The summed E-state index contributed by atoms with van der Waals surface area (Å²) in [5.41, 5.74) is 0. The number of hydrogen-bond acceptors (Lipinski definition) is 3. The molecule has 1 aliphatic carbocycles. The number of nitrogens with one attached hydrogen (secondary N) is 1. The zero-order valence-corrected chi connectivity index (χ0v) is 12.0. The summed E-state index contributed by atoms with van der Waals surface area (Å²) in [7, 11) is 0. The molecule has 2 aliphatic rings. The number of piperidine rings is 1.